The molecule has 10 aromatic carbocycles. The first-order valence-corrected chi connectivity index (χ1v) is 21.0. The number of thiophene rings is 1. The Morgan fingerprint density at radius 3 is 1.76 bits per heavy atom. The van der Waals surface area contributed by atoms with E-state index >= 15 is 0 Å². The molecule has 3 heteroatoms. The minimum atomic E-state index is 1.11. The van der Waals surface area contributed by atoms with Gasteiger partial charge in [-0.1, -0.05) is 158 Å². The third kappa shape index (κ3) is 5.47. The summed E-state index contributed by atoms with van der Waals surface area (Å²) < 4.78 is 5.08. The summed E-state index contributed by atoms with van der Waals surface area (Å²) in [4.78, 5) is 2.40. The normalized spacial score (nSPS) is 11.7. The minimum absolute atomic E-state index is 1.11. The van der Waals surface area contributed by atoms with Gasteiger partial charge in [0.15, 0.2) is 0 Å². The molecule has 0 saturated carbocycles. The molecular formula is C56H36N2S. The maximum atomic E-state index is 2.44. The topological polar surface area (TPSA) is 8.17 Å². The molecular weight excluding hydrogens is 733 g/mol. The van der Waals surface area contributed by atoms with Gasteiger partial charge in [-0.2, -0.15) is 0 Å². The standard InChI is InChI=1S/C56H36N2S/c1-2-15-42(16-3-1)58-52-36-41(29-34-48(52)49-35-28-39-13-5-7-18-47(39)56(49)58)37-24-30-43(31-25-37)57(51-21-10-14-38-12-4-6-17-45(38)51)44-32-26-40(27-33-44)46-20-11-23-54-55(46)50-19-8-9-22-53(50)59-54/h1-36H. The summed E-state index contributed by atoms with van der Waals surface area (Å²) in [7, 11) is 0. The van der Waals surface area contributed by atoms with E-state index in [0.717, 1.165) is 22.7 Å². The summed E-state index contributed by atoms with van der Waals surface area (Å²) in [6.07, 6.45) is 0. The van der Waals surface area contributed by atoms with Gasteiger partial charge in [0, 0.05) is 58.8 Å². The molecule has 0 aliphatic heterocycles. The van der Waals surface area contributed by atoms with Crippen LogP contribution in [0.4, 0.5) is 17.1 Å². The zero-order chi connectivity index (χ0) is 38.9. The molecule has 12 aromatic rings. The lowest BCUT2D eigenvalue weighted by molar-refractivity contribution is 1.19. The Bertz CT molecular complexity index is 3540. The Labute approximate surface area is 346 Å². The minimum Gasteiger partial charge on any atom is -0.310 e. The van der Waals surface area contributed by atoms with Crippen LogP contribution in [0, 0.1) is 0 Å². The number of hydrogen-bond acceptors (Lipinski definition) is 2. The highest BCUT2D eigenvalue weighted by Gasteiger charge is 2.19. The van der Waals surface area contributed by atoms with E-state index < -0.39 is 0 Å². The number of hydrogen-bond donors (Lipinski definition) is 0. The van der Waals surface area contributed by atoms with Crippen molar-refractivity contribution in [3.8, 4) is 27.9 Å². The van der Waals surface area contributed by atoms with Crippen LogP contribution in [0.3, 0.4) is 0 Å². The van der Waals surface area contributed by atoms with E-state index in [2.05, 4.69) is 228 Å². The number of rotatable bonds is 6. The third-order valence-corrected chi connectivity index (χ3v) is 13.1. The fourth-order valence-electron chi connectivity index (χ4n) is 9.24. The molecule has 2 aromatic heterocycles. The van der Waals surface area contributed by atoms with Gasteiger partial charge < -0.3 is 9.47 Å². The molecule has 0 N–H and O–H groups in total. The Morgan fingerprint density at radius 1 is 0.373 bits per heavy atom. The van der Waals surface area contributed by atoms with E-state index in [-0.39, 0.29) is 0 Å². The molecule has 0 atom stereocenters. The van der Waals surface area contributed by atoms with Crippen LogP contribution in [0.2, 0.25) is 0 Å². The van der Waals surface area contributed by atoms with Gasteiger partial charge in [-0.25, -0.2) is 0 Å². The average Bonchev–Trinajstić information content (AvgIpc) is 3.86. The third-order valence-electron chi connectivity index (χ3n) is 12.0. The Hall–Kier alpha value is -7.46. The van der Waals surface area contributed by atoms with Crippen molar-refractivity contribution in [1.29, 1.82) is 0 Å². The Morgan fingerprint density at radius 2 is 0.966 bits per heavy atom. The Kier molecular flexibility index (Phi) is 7.75. The highest BCUT2D eigenvalue weighted by Crippen LogP contribution is 2.44. The first-order valence-electron chi connectivity index (χ1n) is 20.2. The molecule has 0 fully saturated rings. The van der Waals surface area contributed by atoms with Gasteiger partial charge >= 0.3 is 0 Å². The zero-order valence-electron chi connectivity index (χ0n) is 32.1. The first-order chi connectivity index (χ1) is 29.3. The molecule has 0 unspecified atom stereocenters. The molecule has 12 rings (SSSR count). The van der Waals surface area contributed by atoms with Crippen LogP contribution >= 0.6 is 11.3 Å². The number of nitrogens with zero attached hydrogens (tertiary/aromatic N) is 2. The fourth-order valence-corrected chi connectivity index (χ4v) is 10.4. The van der Waals surface area contributed by atoms with Crippen molar-refractivity contribution in [3.63, 3.8) is 0 Å². The summed E-state index contributed by atoms with van der Waals surface area (Å²) >= 11 is 1.87. The second-order valence-electron chi connectivity index (χ2n) is 15.3. The van der Waals surface area contributed by atoms with Gasteiger partial charge in [0.05, 0.1) is 16.7 Å². The van der Waals surface area contributed by atoms with Crippen LogP contribution < -0.4 is 4.90 Å². The SMILES string of the molecule is c1ccc(-n2c3cc(-c4ccc(N(c5ccc(-c6cccc7sc8ccccc8c67)cc5)c5cccc6ccccc56)cc4)ccc3c3ccc4ccccc4c32)cc1. The number of fused-ring (bicyclic) bond motifs is 9. The van der Waals surface area contributed by atoms with Gasteiger partial charge in [-0.05, 0) is 93.7 Å². The van der Waals surface area contributed by atoms with E-state index in [1.54, 1.807) is 0 Å². The lowest BCUT2D eigenvalue weighted by atomic mass is 9.98. The average molecular weight is 769 g/mol. The van der Waals surface area contributed by atoms with Gasteiger partial charge in [0.1, 0.15) is 0 Å². The second kappa shape index (κ2) is 13.6. The van der Waals surface area contributed by atoms with E-state index in [4.69, 9.17) is 0 Å². The van der Waals surface area contributed by atoms with Crippen LogP contribution in [0.1, 0.15) is 0 Å². The number of para-hydroxylation sites is 1. The van der Waals surface area contributed by atoms with Crippen molar-refractivity contribution in [2.75, 3.05) is 4.90 Å². The van der Waals surface area contributed by atoms with E-state index in [1.165, 1.54) is 85.8 Å². The van der Waals surface area contributed by atoms with Crippen LogP contribution in [0.25, 0.3) is 91.5 Å². The van der Waals surface area contributed by atoms with E-state index in [1.807, 2.05) is 11.3 Å². The molecule has 0 saturated heterocycles. The monoisotopic (exact) mass is 768 g/mol. The van der Waals surface area contributed by atoms with Gasteiger partial charge in [-0.3, -0.25) is 0 Å². The second-order valence-corrected chi connectivity index (χ2v) is 16.4. The van der Waals surface area contributed by atoms with Crippen molar-refractivity contribution in [2.24, 2.45) is 0 Å². The molecule has 0 amide bonds. The van der Waals surface area contributed by atoms with E-state index in [0.29, 0.717) is 0 Å². The molecule has 0 aliphatic carbocycles. The number of benzene rings is 10. The molecule has 2 nitrogen and oxygen atoms in total. The Balaban J connectivity index is 0.982. The lowest BCUT2D eigenvalue weighted by Gasteiger charge is -2.27. The van der Waals surface area contributed by atoms with Crippen LogP contribution in [-0.4, -0.2) is 4.57 Å². The van der Waals surface area contributed by atoms with E-state index in [9.17, 15) is 0 Å². The molecule has 0 radical (unpaired) electrons. The summed E-state index contributed by atoms with van der Waals surface area (Å²) in [5.74, 6) is 0. The quantitative estimate of drug-likeness (QED) is 0.164. The molecule has 2 heterocycles. The molecule has 0 aliphatic rings. The maximum absolute atomic E-state index is 2.44. The van der Waals surface area contributed by atoms with Gasteiger partial charge in [-0.15, -0.1) is 11.3 Å². The highest BCUT2D eigenvalue weighted by molar-refractivity contribution is 7.25. The summed E-state index contributed by atoms with van der Waals surface area (Å²) in [5.41, 5.74) is 11.8. The lowest BCUT2D eigenvalue weighted by Crippen LogP contribution is -2.10. The molecule has 276 valence electrons. The van der Waals surface area contributed by atoms with Crippen molar-refractivity contribution in [3.05, 3.63) is 218 Å². The summed E-state index contributed by atoms with van der Waals surface area (Å²) in [6.45, 7) is 0. The number of anilines is 3. The maximum Gasteiger partial charge on any atom is 0.0619 e. The number of aromatic nitrogens is 1. The summed E-state index contributed by atoms with van der Waals surface area (Å²) in [5, 5.41) is 10.1. The summed E-state index contributed by atoms with van der Waals surface area (Å²) in [6, 6.07) is 79.9. The van der Waals surface area contributed by atoms with Crippen LogP contribution in [0.15, 0.2) is 218 Å². The van der Waals surface area contributed by atoms with Gasteiger partial charge in [0.2, 0.25) is 0 Å². The molecule has 0 spiro atoms. The van der Waals surface area contributed by atoms with Crippen molar-refractivity contribution < 1.29 is 0 Å². The smallest absolute Gasteiger partial charge is 0.0619 e. The predicted molar refractivity (Wildman–Crippen MR) is 254 cm³/mol. The molecule has 59 heavy (non-hydrogen) atoms. The molecule has 0 bridgehead atoms. The van der Waals surface area contributed by atoms with Crippen molar-refractivity contribution >= 4 is 91.9 Å². The van der Waals surface area contributed by atoms with Crippen molar-refractivity contribution in [1.82, 2.24) is 4.57 Å². The predicted octanol–water partition coefficient (Wildman–Crippen LogP) is 16.3. The highest BCUT2D eigenvalue weighted by atomic mass is 32.1. The largest absolute Gasteiger partial charge is 0.310 e. The van der Waals surface area contributed by atoms with Crippen molar-refractivity contribution in [2.45, 2.75) is 0 Å². The first kappa shape index (κ1) is 33.7. The van der Waals surface area contributed by atoms with Gasteiger partial charge in [0.25, 0.3) is 0 Å². The zero-order valence-corrected chi connectivity index (χ0v) is 32.9. The van der Waals surface area contributed by atoms with Crippen LogP contribution in [0.5, 0.6) is 0 Å². The fraction of sp³-hybridized carbons (Fsp3) is 0. The van der Waals surface area contributed by atoms with Crippen LogP contribution in [-0.2, 0) is 0 Å².